The van der Waals surface area contributed by atoms with Gasteiger partial charge in [-0.1, -0.05) is 12.1 Å². The lowest BCUT2D eigenvalue weighted by molar-refractivity contribution is -0.286. The number of aldehydes is 1. The molecule has 1 aliphatic heterocycles. The van der Waals surface area contributed by atoms with E-state index in [-0.39, 0.29) is 29.3 Å². The minimum atomic E-state index is -3.71. The van der Waals surface area contributed by atoms with Crippen molar-refractivity contribution >= 4 is 12.1 Å². The van der Waals surface area contributed by atoms with Crippen LogP contribution in [0, 0.1) is 12.7 Å². The molecular weight excluding hydrogens is 435 g/mol. The minimum absolute atomic E-state index is 0.0413. The minimum Gasteiger partial charge on any atom is -0.395 e. The van der Waals surface area contributed by atoms with Crippen molar-refractivity contribution in [1.29, 1.82) is 0 Å². The van der Waals surface area contributed by atoms with Gasteiger partial charge in [-0.15, -0.1) is 8.78 Å². The van der Waals surface area contributed by atoms with E-state index in [2.05, 4.69) is 14.5 Å². The Bertz CT molecular complexity index is 1300. The van der Waals surface area contributed by atoms with E-state index in [9.17, 15) is 22.8 Å². The number of ether oxygens (including phenoxy) is 2. The second-order valence-electron chi connectivity index (χ2n) is 8.33. The molecule has 1 aliphatic carbocycles. The molecule has 1 saturated carbocycles. The van der Waals surface area contributed by atoms with Crippen LogP contribution in [-0.4, -0.2) is 23.3 Å². The zero-order valence-electron chi connectivity index (χ0n) is 17.5. The van der Waals surface area contributed by atoms with Crippen LogP contribution in [0.15, 0.2) is 48.5 Å². The van der Waals surface area contributed by atoms with Crippen LogP contribution in [0.5, 0.6) is 11.5 Å². The van der Waals surface area contributed by atoms with Gasteiger partial charge >= 0.3 is 6.29 Å². The number of pyridine rings is 1. The molecule has 2 aliphatic rings. The van der Waals surface area contributed by atoms with Gasteiger partial charge in [-0.3, -0.25) is 14.6 Å². The fraction of sp³-hybridized carbons (Fsp3) is 0.240. The zero-order valence-corrected chi connectivity index (χ0v) is 17.5. The molecule has 0 spiro atoms. The number of carbonyl (C=O) groups is 2. The van der Waals surface area contributed by atoms with Crippen molar-refractivity contribution < 1.29 is 32.2 Å². The number of benzene rings is 2. The van der Waals surface area contributed by atoms with Crippen molar-refractivity contribution in [1.82, 2.24) is 4.98 Å². The number of ketones is 1. The van der Waals surface area contributed by atoms with Crippen LogP contribution in [0.3, 0.4) is 0 Å². The number of carbonyl (C=O) groups excluding carboxylic acids is 2. The van der Waals surface area contributed by atoms with Gasteiger partial charge in [0.1, 0.15) is 11.6 Å². The van der Waals surface area contributed by atoms with Gasteiger partial charge in [-0.2, -0.15) is 0 Å². The van der Waals surface area contributed by atoms with Gasteiger partial charge in [0.25, 0.3) is 0 Å². The van der Waals surface area contributed by atoms with Gasteiger partial charge in [0.15, 0.2) is 17.8 Å². The van der Waals surface area contributed by atoms with E-state index in [1.54, 1.807) is 12.1 Å². The summed E-state index contributed by atoms with van der Waals surface area (Å²) in [4.78, 5) is 28.9. The van der Waals surface area contributed by atoms with E-state index >= 15 is 0 Å². The number of Topliss-reactive ketones (excluding diaryl/α,β-unsaturated/α-hetero) is 1. The van der Waals surface area contributed by atoms with Crippen molar-refractivity contribution in [2.45, 2.75) is 37.9 Å². The topological polar surface area (TPSA) is 65.5 Å². The number of aromatic nitrogens is 1. The van der Waals surface area contributed by atoms with Gasteiger partial charge in [-0.05, 0) is 67.3 Å². The molecule has 0 unspecified atom stereocenters. The first-order valence-corrected chi connectivity index (χ1v) is 10.4. The monoisotopic (exact) mass is 453 g/mol. The lowest BCUT2D eigenvalue weighted by Crippen LogP contribution is -2.26. The predicted octanol–water partition coefficient (Wildman–Crippen LogP) is 5.17. The zero-order chi connectivity index (χ0) is 23.4. The van der Waals surface area contributed by atoms with Gasteiger partial charge in [-0.25, -0.2) is 4.39 Å². The van der Waals surface area contributed by atoms with E-state index in [0.717, 1.165) is 5.56 Å². The Kier molecular flexibility index (Phi) is 4.77. The molecule has 33 heavy (non-hydrogen) atoms. The van der Waals surface area contributed by atoms with Crippen LogP contribution < -0.4 is 9.47 Å². The van der Waals surface area contributed by atoms with Crippen molar-refractivity contribution in [3.8, 4) is 22.8 Å². The lowest BCUT2D eigenvalue weighted by atomic mass is 9.88. The van der Waals surface area contributed by atoms with Crippen molar-refractivity contribution in [2.24, 2.45) is 0 Å². The molecular formula is C25H18F3NO4. The van der Waals surface area contributed by atoms with Gasteiger partial charge < -0.3 is 9.47 Å². The predicted molar refractivity (Wildman–Crippen MR) is 112 cm³/mol. The Morgan fingerprint density at radius 3 is 2.55 bits per heavy atom. The van der Waals surface area contributed by atoms with Crippen LogP contribution in [0.4, 0.5) is 13.2 Å². The molecule has 1 fully saturated rings. The molecule has 0 amide bonds. The maximum Gasteiger partial charge on any atom is 0.586 e. The lowest BCUT2D eigenvalue weighted by Gasteiger charge is -2.16. The maximum absolute atomic E-state index is 13.7. The average molecular weight is 453 g/mol. The second kappa shape index (κ2) is 7.43. The molecule has 2 aromatic carbocycles. The van der Waals surface area contributed by atoms with Crippen molar-refractivity contribution in [2.75, 3.05) is 0 Å². The van der Waals surface area contributed by atoms with E-state index in [4.69, 9.17) is 0 Å². The SMILES string of the molecule is Cc1ccc(CC(=O)C2(c3ccc4c(c3)OC(F)(F)O4)CC2)nc1-c1ccc(F)c(C=O)c1. The van der Waals surface area contributed by atoms with Crippen molar-refractivity contribution in [3.05, 3.63) is 76.7 Å². The summed E-state index contributed by atoms with van der Waals surface area (Å²) >= 11 is 0. The normalized spacial score (nSPS) is 17.0. The van der Waals surface area contributed by atoms with Crippen LogP contribution in [0.2, 0.25) is 0 Å². The molecule has 0 saturated heterocycles. The number of rotatable bonds is 6. The molecule has 168 valence electrons. The summed E-state index contributed by atoms with van der Waals surface area (Å²) in [7, 11) is 0. The van der Waals surface area contributed by atoms with Crippen LogP contribution in [-0.2, 0) is 16.6 Å². The third kappa shape index (κ3) is 3.75. The molecule has 3 aromatic rings. The molecule has 0 N–H and O–H groups in total. The first kappa shape index (κ1) is 21.2. The van der Waals surface area contributed by atoms with Crippen LogP contribution in [0.1, 0.15) is 40.0 Å². The van der Waals surface area contributed by atoms with E-state index in [1.165, 1.54) is 30.3 Å². The standard InChI is InChI=1S/C25H18F3NO4/c1-14-2-5-18(29-23(14)15-3-6-19(26)16(10-15)13-30)12-22(31)24(8-9-24)17-4-7-20-21(11-17)33-25(27,28)32-20/h2-7,10-11,13H,8-9,12H2,1H3. The van der Waals surface area contributed by atoms with Crippen LogP contribution in [0.25, 0.3) is 11.3 Å². The highest BCUT2D eigenvalue weighted by molar-refractivity contribution is 5.94. The summed E-state index contributed by atoms with van der Waals surface area (Å²) in [6.07, 6.45) is -2.03. The van der Waals surface area contributed by atoms with Gasteiger partial charge in [0, 0.05) is 17.7 Å². The highest BCUT2D eigenvalue weighted by Gasteiger charge is 2.52. The second-order valence-corrected chi connectivity index (χ2v) is 8.33. The fourth-order valence-corrected chi connectivity index (χ4v) is 4.18. The Morgan fingerprint density at radius 1 is 1.06 bits per heavy atom. The van der Waals surface area contributed by atoms with E-state index in [0.29, 0.717) is 41.6 Å². The quantitative estimate of drug-likeness (QED) is 0.482. The highest BCUT2D eigenvalue weighted by Crippen LogP contribution is 2.52. The van der Waals surface area contributed by atoms with E-state index in [1.807, 2.05) is 13.0 Å². The first-order chi connectivity index (χ1) is 15.7. The molecule has 5 rings (SSSR count). The number of fused-ring (bicyclic) bond motifs is 1. The molecule has 8 heteroatoms. The van der Waals surface area contributed by atoms with E-state index < -0.39 is 17.5 Å². The number of hydrogen-bond acceptors (Lipinski definition) is 5. The smallest absolute Gasteiger partial charge is 0.395 e. The Hall–Kier alpha value is -3.68. The van der Waals surface area contributed by atoms with Gasteiger partial charge in [0.05, 0.1) is 16.7 Å². The fourth-order valence-electron chi connectivity index (χ4n) is 4.18. The summed E-state index contributed by atoms with van der Waals surface area (Å²) < 4.78 is 49.4. The Morgan fingerprint density at radius 2 is 1.82 bits per heavy atom. The largest absolute Gasteiger partial charge is 0.586 e. The van der Waals surface area contributed by atoms with Gasteiger partial charge in [0.2, 0.25) is 0 Å². The maximum atomic E-state index is 13.7. The number of aryl methyl sites for hydroxylation is 1. The summed E-state index contributed by atoms with van der Waals surface area (Å²) in [6.45, 7) is 1.84. The first-order valence-electron chi connectivity index (χ1n) is 10.4. The molecule has 2 heterocycles. The molecule has 5 nitrogen and oxygen atoms in total. The highest BCUT2D eigenvalue weighted by atomic mass is 19.3. The third-order valence-electron chi connectivity index (χ3n) is 6.13. The number of alkyl halides is 2. The number of nitrogens with zero attached hydrogens (tertiary/aromatic N) is 1. The number of hydrogen-bond donors (Lipinski definition) is 0. The average Bonchev–Trinajstić information content (AvgIpc) is 3.52. The Balaban J connectivity index is 1.41. The summed E-state index contributed by atoms with van der Waals surface area (Å²) in [5.74, 6) is -0.849. The third-order valence-corrected chi connectivity index (χ3v) is 6.13. The summed E-state index contributed by atoms with van der Waals surface area (Å²) in [6, 6.07) is 12.2. The number of halogens is 3. The molecule has 0 radical (unpaired) electrons. The summed E-state index contributed by atoms with van der Waals surface area (Å²) in [5.41, 5.74) is 2.23. The van der Waals surface area contributed by atoms with Crippen LogP contribution >= 0.6 is 0 Å². The molecule has 0 bridgehead atoms. The molecule has 1 aromatic heterocycles. The Labute approximate surface area is 187 Å². The molecule has 0 atom stereocenters. The summed E-state index contributed by atoms with van der Waals surface area (Å²) in [5, 5.41) is 0. The van der Waals surface area contributed by atoms with Crippen molar-refractivity contribution in [3.63, 3.8) is 0 Å².